The molecule has 4 heteroatoms. The Hall–Kier alpha value is -1.55. The fourth-order valence-corrected chi connectivity index (χ4v) is 1.67. The topological polar surface area (TPSA) is 75.4 Å². The molecule has 4 nitrogen and oxygen atoms in total. The fraction of sp³-hybridized carbons (Fsp3) is 0.500. The van der Waals surface area contributed by atoms with Gasteiger partial charge < -0.3 is 16.2 Å². The number of nitrogens with one attached hydrogen (secondary N) is 1. The molecule has 0 atom stereocenters. The molecular formula is C14H22N2O2. The first kappa shape index (κ1) is 14.5. The van der Waals surface area contributed by atoms with Crippen LogP contribution in [0, 0.1) is 12.3 Å². The van der Waals surface area contributed by atoms with Gasteiger partial charge in [0.2, 0.25) is 0 Å². The molecule has 0 aliphatic carbocycles. The van der Waals surface area contributed by atoms with Crippen molar-refractivity contribution in [1.29, 1.82) is 0 Å². The molecule has 18 heavy (non-hydrogen) atoms. The lowest BCUT2D eigenvalue weighted by molar-refractivity contribution is 0.0929. The average Bonchev–Trinajstić information content (AvgIpc) is 2.29. The quantitative estimate of drug-likeness (QED) is 0.696. The number of hydrogen-bond donors (Lipinski definition) is 3. The molecule has 0 fully saturated rings. The summed E-state index contributed by atoms with van der Waals surface area (Å²) in [6.07, 6.45) is 0.649. The molecule has 0 heterocycles. The van der Waals surface area contributed by atoms with E-state index < -0.39 is 0 Å². The molecule has 0 spiro atoms. The molecule has 4 N–H and O–H groups in total. The van der Waals surface area contributed by atoms with E-state index in [1.54, 1.807) is 12.1 Å². The maximum absolute atomic E-state index is 12.0. The first-order chi connectivity index (χ1) is 8.35. The van der Waals surface area contributed by atoms with Gasteiger partial charge in [-0.1, -0.05) is 25.5 Å². The number of nitrogens with two attached hydrogens (primary N) is 1. The van der Waals surface area contributed by atoms with Gasteiger partial charge in [-0.2, -0.15) is 0 Å². The predicted molar refractivity (Wildman–Crippen MR) is 73.4 cm³/mol. The van der Waals surface area contributed by atoms with Gasteiger partial charge >= 0.3 is 0 Å². The lowest BCUT2D eigenvalue weighted by Gasteiger charge is -2.24. The third kappa shape index (κ3) is 4.04. The zero-order chi connectivity index (χ0) is 13.8. The summed E-state index contributed by atoms with van der Waals surface area (Å²) < 4.78 is 0. The van der Waals surface area contributed by atoms with Gasteiger partial charge in [-0.15, -0.1) is 0 Å². The predicted octanol–water partition coefficient (Wildman–Crippen LogP) is 1.72. The summed E-state index contributed by atoms with van der Waals surface area (Å²) in [5.74, 6) is -0.165. The van der Waals surface area contributed by atoms with Crippen LogP contribution in [0.2, 0.25) is 0 Å². The van der Waals surface area contributed by atoms with Crippen molar-refractivity contribution < 1.29 is 9.90 Å². The maximum atomic E-state index is 12.0. The second kappa shape index (κ2) is 5.87. The van der Waals surface area contributed by atoms with Crippen molar-refractivity contribution in [2.75, 3.05) is 18.9 Å². The number of aliphatic hydroxyl groups is 1. The first-order valence-electron chi connectivity index (χ1n) is 6.11. The second-order valence-electron chi connectivity index (χ2n) is 5.41. The van der Waals surface area contributed by atoms with Gasteiger partial charge in [-0.05, 0) is 30.9 Å². The highest BCUT2D eigenvalue weighted by Gasteiger charge is 2.19. The number of aryl methyl sites for hydroxylation is 1. The summed E-state index contributed by atoms with van der Waals surface area (Å²) in [4.78, 5) is 12.0. The number of carbonyl (C=O) groups excluding carboxylic acids is 1. The van der Waals surface area contributed by atoms with Crippen molar-refractivity contribution in [3.05, 3.63) is 29.3 Å². The minimum Gasteiger partial charge on any atom is -0.398 e. The highest BCUT2D eigenvalue weighted by Crippen LogP contribution is 2.19. The van der Waals surface area contributed by atoms with Gasteiger partial charge in [0, 0.05) is 18.8 Å². The van der Waals surface area contributed by atoms with Crippen LogP contribution in [-0.2, 0) is 0 Å². The third-order valence-corrected chi connectivity index (χ3v) is 2.97. The highest BCUT2D eigenvalue weighted by atomic mass is 16.3. The molecule has 1 amide bonds. The maximum Gasteiger partial charge on any atom is 0.253 e. The number of anilines is 1. The van der Waals surface area contributed by atoms with Crippen LogP contribution in [-0.4, -0.2) is 24.2 Å². The first-order valence-corrected chi connectivity index (χ1v) is 6.11. The van der Waals surface area contributed by atoms with Crippen LogP contribution in [0.5, 0.6) is 0 Å². The van der Waals surface area contributed by atoms with Crippen LogP contribution in [0.15, 0.2) is 18.2 Å². The van der Waals surface area contributed by atoms with Crippen LogP contribution in [0.3, 0.4) is 0 Å². The summed E-state index contributed by atoms with van der Waals surface area (Å²) in [5, 5.41) is 11.8. The summed E-state index contributed by atoms with van der Waals surface area (Å²) >= 11 is 0. The zero-order valence-electron chi connectivity index (χ0n) is 11.3. The van der Waals surface area contributed by atoms with E-state index in [1.165, 1.54) is 0 Å². The molecule has 0 radical (unpaired) electrons. The van der Waals surface area contributed by atoms with Crippen LogP contribution in [0.1, 0.15) is 36.2 Å². The monoisotopic (exact) mass is 250 g/mol. The van der Waals surface area contributed by atoms with E-state index in [-0.39, 0.29) is 17.9 Å². The molecule has 0 bridgehead atoms. The molecule has 1 rings (SSSR count). The van der Waals surface area contributed by atoms with E-state index in [0.29, 0.717) is 24.2 Å². The normalized spacial score (nSPS) is 11.3. The SMILES string of the molecule is Cc1ccc(N)c(C(=O)NCC(C)(C)CCO)c1. The molecule has 0 aromatic heterocycles. The number of hydrogen-bond acceptors (Lipinski definition) is 3. The number of nitrogen functional groups attached to an aromatic ring is 1. The van der Waals surface area contributed by atoms with Crippen molar-refractivity contribution in [3.63, 3.8) is 0 Å². The standard InChI is InChI=1S/C14H22N2O2/c1-10-4-5-12(15)11(8-10)13(18)16-9-14(2,3)6-7-17/h4-5,8,17H,6-7,9,15H2,1-3H3,(H,16,18). The molecule has 0 aliphatic heterocycles. The Morgan fingerprint density at radius 3 is 2.72 bits per heavy atom. The molecule has 0 saturated carbocycles. The lowest BCUT2D eigenvalue weighted by atomic mass is 9.89. The van der Waals surface area contributed by atoms with Gasteiger partial charge in [-0.25, -0.2) is 0 Å². The Morgan fingerprint density at radius 1 is 1.44 bits per heavy atom. The largest absolute Gasteiger partial charge is 0.398 e. The Labute approximate surface area is 108 Å². The lowest BCUT2D eigenvalue weighted by Crippen LogP contribution is -2.34. The fourth-order valence-electron chi connectivity index (χ4n) is 1.67. The van der Waals surface area contributed by atoms with Crippen molar-refractivity contribution >= 4 is 11.6 Å². The van der Waals surface area contributed by atoms with Crippen molar-refractivity contribution in [3.8, 4) is 0 Å². The molecule has 0 aliphatic rings. The number of rotatable bonds is 5. The van der Waals surface area contributed by atoms with E-state index in [2.05, 4.69) is 5.32 Å². The third-order valence-electron chi connectivity index (χ3n) is 2.97. The van der Waals surface area contributed by atoms with Gasteiger partial charge in [0.05, 0.1) is 5.56 Å². The molecule has 1 aromatic rings. The van der Waals surface area contributed by atoms with Crippen LogP contribution in [0.25, 0.3) is 0 Å². The Morgan fingerprint density at radius 2 is 2.11 bits per heavy atom. The summed E-state index contributed by atoms with van der Waals surface area (Å²) in [7, 11) is 0. The van der Waals surface area contributed by atoms with Crippen molar-refractivity contribution in [2.45, 2.75) is 27.2 Å². The van der Waals surface area contributed by atoms with Gasteiger partial charge in [-0.3, -0.25) is 4.79 Å². The van der Waals surface area contributed by atoms with Crippen LogP contribution < -0.4 is 11.1 Å². The van der Waals surface area contributed by atoms with E-state index in [0.717, 1.165) is 5.56 Å². The summed E-state index contributed by atoms with van der Waals surface area (Å²) in [5.41, 5.74) is 7.66. The van der Waals surface area contributed by atoms with E-state index in [9.17, 15) is 4.79 Å². The Bertz CT molecular complexity index is 428. The molecule has 0 saturated heterocycles. The smallest absolute Gasteiger partial charge is 0.253 e. The minimum atomic E-state index is -0.165. The highest BCUT2D eigenvalue weighted by molar-refractivity contribution is 5.99. The molecular weight excluding hydrogens is 228 g/mol. The van der Waals surface area contributed by atoms with Gasteiger partial charge in [0.25, 0.3) is 5.91 Å². The van der Waals surface area contributed by atoms with Crippen LogP contribution in [0.4, 0.5) is 5.69 Å². The number of amides is 1. The van der Waals surface area contributed by atoms with Crippen molar-refractivity contribution in [2.24, 2.45) is 5.41 Å². The Balaban J connectivity index is 2.69. The average molecular weight is 250 g/mol. The second-order valence-corrected chi connectivity index (χ2v) is 5.41. The molecule has 1 aromatic carbocycles. The minimum absolute atomic E-state index is 0.120. The Kier molecular flexibility index (Phi) is 4.73. The summed E-state index contributed by atoms with van der Waals surface area (Å²) in [6, 6.07) is 5.40. The van der Waals surface area contributed by atoms with Gasteiger partial charge in [0.15, 0.2) is 0 Å². The summed E-state index contributed by atoms with van der Waals surface area (Å²) in [6.45, 7) is 6.56. The number of aliphatic hydroxyl groups excluding tert-OH is 1. The van der Waals surface area contributed by atoms with Crippen molar-refractivity contribution in [1.82, 2.24) is 5.32 Å². The van der Waals surface area contributed by atoms with E-state index >= 15 is 0 Å². The molecule has 0 unspecified atom stereocenters. The van der Waals surface area contributed by atoms with Gasteiger partial charge in [0.1, 0.15) is 0 Å². The van der Waals surface area contributed by atoms with E-state index in [4.69, 9.17) is 10.8 Å². The van der Waals surface area contributed by atoms with E-state index in [1.807, 2.05) is 26.8 Å². The number of benzene rings is 1. The zero-order valence-corrected chi connectivity index (χ0v) is 11.3. The number of carbonyl (C=O) groups is 1. The van der Waals surface area contributed by atoms with Crippen LogP contribution >= 0.6 is 0 Å². The molecule has 100 valence electrons.